The summed E-state index contributed by atoms with van der Waals surface area (Å²) in [5.74, 6) is 0.111. The molecule has 24 heavy (non-hydrogen) atoms. The highest BCUT2D eigenvalue weighted by molar-refractivity contribution is 7.89. The summed E-state index contributed by atoms with van der Waals surface area (Å²) < 4.78 is 27.3. The molecule has 0 radical (unpaired) electrons. The third-order valence-electron chi connectivity index (χ3n) is 4.79. The van der Waals surface area contributed by atoms with E-state index < -0.39 is 10.0 Å². The van der Waals surface area contributed by atoms with Crippen molar-refractivity contribution in [3.05, 3.63) is 29.8 Å². The minimum absolute atomic E-state index is 0.0557. The van der Waals surface area contributed by atoms with Crippen LogP contribution in [0.1, 0.15) is 42.5 Å². The number of benzene rings is 1. The Morgan fingerprint density at radius 2 is 1.88 bits per heavy atom. The smallest absolute Gasteiger partial charge is 0.252 e. The maximum absolute atomic E-state index is 12.9. The molecule has 1 aromatic rings. The number of hydrogen-bond acceptors (Lipinski definition) is 4. The molecule has 0 aromatic heterocycles. The van der Waals surface area contributed by atoms with Gasteiger partial charge in [0.25, 0.3) is 5.91 Å². The molecule has 3 rings (SSSR count). The monoisotopic (exact) mass is 351 g/mol. The van der Waals surface area contributed by atoms with E-state index in [9.17, 15) is 13.2 Å². The van der Waals surface area contributed by atoms with Crippen LogP contribution in [0.4, 0.5) is 0 Å². The Labute approximate surface area is 143 Å². The number of nitrogens with two attached hydrogens (primary N) is 1. The normalized spacial score (nSPS) is 20.5. The predicted octanol–water partition coefficient (Wildman–Crippen LogP) is 1.33. The van der Waals surface area contributed by atoms with Crippen molar-refractivity contribution in [2.24, 2.45) is 11.7 Å². The molecule has 1 heterocycles. The number of hydrogen-bond donors (Lipinski definition) is 2. The van der Waals surface area contributed by atoms with Gasteiger partial charge in [0.05, 0.1) is 10.5 Å². The zero-order chi connectivity index (χ0) is 17.2. The van der Waals surface area contributed by atoms with Crippen LogP contribution in [-0.4, -0.2) is 44.3 Å². The number of nitrogens with one attached hydrogen (secondary N) is 1. The first kappa shape index (κ1) is 17.4. The van der Waals surface area contributed by atoms with E-state index >= 15 is 0 Å². The number of nitrogens with zero attached hydrogens (tertiary/aromatic N) is 1. The van der Waals surface area contributed by atoms with E-state index in [0.717, 1.165) is 32.1 Å². The minimum atomic E-state index is -3.64. The zero-order valence-electron chi connectivity index (χ0n) is 13.8. The van der Waals surface area contributed by atoms with Crippen molar-refractivity contribution in [1.82, 2.24) is 9.62 Å². The van der Waals surface area contributed by atoms with Gasteiger partial charge in [-0.15, -0.1) is 0 Å². The maximum atomic E-state index is 12.9. The molecule has 1 aliphatic heterocycles. The number of amides is 1. The van der Waals surface area contributed by atoms with E-state index in [1.165, 1.54) is 10.4 Å². The summed E-state index contributed by atoms with van der Waals surface area (Å²) in [6.07, 6.45) is 4.99. The molecule has 1 amide bonds. The second-order valence-electron chi connectivity index (χ2n) is 6.67. The summed E-state index contributed by atoms with van der Waals surface area (Å²) in [7, 11) is -3.64. The van der Waals surface area contributed by atoms with Crippen molar-refractivity contribution in [2.45, 2.75) is 43.0 Å². The molecule has 0 bridgehead atoms. The predicted molar refractivity (Wildman–Crippen MR) is 92.1 cm³/mol. The second kappa shape index (κ2) is 7.21. The molecule has 1 saturated heterocycles. The molecule has 0 spiro atoms. The van der Waals surface area contributed by atoms with Crippen LogP contribution in [0.25, 0.3) is 0 Å². The first-order valence-electron chi connectivity index (χ1n) is 8.63. The Hall–Kier alpha value is -1.44. The van der Waals surface area contributed by atoms with Gasteiger partial charge in [0.2, 0.25) is 10.0 Å². The molecule has 7 heteroatoms. The Kier molecular flexibility index (Phi) is 5.22. The molecule has 2 fully saturated rings. The summed E-state index contributed by atoms with van der Waals surface area (Å²) in [5.41, 5.74) is 6.20. The van der Waals surface area contributed by atoms with Gasteiger partial charge in [-0.05, 0) is 43.7 Å². The van der Waals surface area contributed by atoms with Gasteiger partial charge in [-0.2, -0.15) is 4.31 Å². The third kappa shape index (κ3) is 3.79. The number of piperidine rings is 1. The molecule has 6 nitrogen and oxygen atoms in total. The molecule has 1 atom stereocenters. The van der Waals surface area contributed by atoms with Crippen LogP contribution in [-0.2, 0) is 10.0 Å². The molecule has 1 unspecified atom stereocenters. The molecule has 1 aliphatic carbocycles. The molecule has 1 saturated carbocycles. The van der Waals surface area contributed by atoms with E-state index in [0.29, 0.717) is 25.6 Å². The summed E-state index contributed by atoms with van der Waals surface area (Å²) in [4.78, 5) is 12.6. The third-order valence-corrected chi connectivity index (χ3v) is 6.75. The summed E-state index contributed by atoms with van der Waals surface area (Å²) >= 11 is 0. The lowest BCUT2D eigenvalue weighted by molar-refractivity contribution is 0.0946. The van der Waals surface area contributed by atoms with Gasteiger partial charge in [0.15, 0.2) is 0 Å². The van der Waals surface area contributed by atoms with E-state index in [4.69, 9.17) is 5.73 Å². The van der Waals surface area contributed by atoms with E-state index in [1.807, 2.05) is 0 Å². The van der Waals surface area contributed by atoms with Crippen LogP contribution in [0.3, 0.4) is 0 Å². The Balaban J connectivity index is 1.77. The van der Waals surface area contributed by atoms with Gasteiger partial charge in [0.1, 0.15) is 0 Å². The van der Waals surface area contributed by atoms with Gasteiger partial charge in [-0.1, -0.05) is 18.6 Å². The number of sulfonamides is 1. The van der Waals surface area contributed by atoms with Crippen molar-refractivity contribution < 1.29 is 13.2 Å². The largest absolute Gasteiger partial charge is 0.350 e. The highest BCUT2D eigenvalue weighted by Gasteiger charge is 2.31. The average molecular weight is 351 g/mol. The first-order chi connectivity index (χ1) is 11.5. The highest BCUT2D eigenvalue weighted by Crippen LogP contribution is 2.31. The van der Waals surface area contributed by atoms with Gasteiger partial charge in [-0.3, -0.25) is 4.79 Å². The lowest BCUT2D eigenvalue weighted by atomic mass is 10.2. The van der Waals surface area contributed by atoms with E-state index in [-0.39, 0.29) is 22.4 Å². The number of rotatable bonds is 6. The Morgan fingerprint density at radius 3 is 2.54 bits per heavy atom. The Morgan fingerprint density at radius 1 is 1.21 bits per heavy atom. The van der Waals surface area contributed by atoms with Crippen LogP contribution in [0, 0.1) is 5.92 Å². The highest BCUT2D eigenvalue weighted by atomic mass is 32.2. The summed E-state index contributed by atoms with van der Waals surface area (Å²) in [6, 6.07) is 6.36. The van der Waals surface area contributed by atoms with Gasteiger partial charge >= 0.3 is 0 Å². The van der Waals surface area contributed by atoms with Crippen LogP contribution < -0.4 is 11.1 Å². The maximum Gasteiger partial charge on any atom is 0.252 e. The van der Waals surface area contributed by atoms with Crippen molar-refractivity contribution in [3.8, 4) is 0 Å². The quantitative estimate of drug-likeness (QED) is 0.809. The lowest BCUT2D eigenvalue weighted by Gasteiger charge is -2.26. The molecule has 1 aromatic carbocycles. The molecular weight excluding hydrogens is 326 g/mol. The summed E-state index contributed by atoms with van der Waals surface area (Å²) in [6.45, 7) is 1.41. The number of carbonyl (C=O) groups excluding carboxylic acids is 1. The van der Waals surface area contributed by atoms with Gasteiger partial charge < -0.3 is 11.1 Å². The topological polar surface area (TPSA) is 92.5 Å². The SMILES string of the molecule is NC(CNC(=O)c1ccccc1S(=O)(=O)N1CCCCC1)C1CC1. The van der Waals surface area contributed by atoms with Crippen molar-refractivity contribution in [2.75, 3.05) is 19.6 Å². The standard InChI is InChI=1S/C17H25N3O3S/c18-15(13-8-9-13)12-19-17(21)14-6-2-3-7-16(14)24(22,23)20-10-4-1-5-11-20/h2-3,6-7,13,15H,1,4-5,8-12,18H2,(H,19,21). The van der Waals surface area contributed by atoms with Crippen LogP contribution >= 0.6 is 0 Å². The van der Waals surface area contributed by atoms with Gasteiger partial charge in [0, 0.05) is 25.7 Å². The fourth-order valence-electron chi connectivity index (χ4n) is 3.12. The molecule has 3 N–H and O–H groups in total. The van der Waals surface area contributed by atoms with Crippen molar-refractivity contribution in [1.29, 1.82) is 0 Å². The fourth-order valence-corrected chi connectivity index (χ4v) is 4.83. The van der Waals surface area contributed by atoms with Crippen LogP contribution in [0.2, 0.25) is 0 Å². The minimum Gasteiger partial charge on any atom is -0.350 e. The number of carbonyl (C=O) groups is 1. The zero-order valence-corrected chi connectivity index (χ0v) is 14.6. The van der Waals surface area contributed by atoms with E-state index in [2.05, 4.69) is 5.32 Å². The van der Waals surface area contributed by atoms with Crippen LogP contribution in [0.5, 0.6) is 0 Å². The average Bonchev–Trinajstić information content (AvgIpc) is 3.45. The summed E-state index contributed by atoms with van der Waals surface area (Å²) in [5, 5.41) is 2.79. The van der Waals surface area contributed by atoms with Crippen molar-refractivity contribution >= 4 is 15.9 Å². The molecular formula is C17H25N3O3S. The Bertz CT molecular complexity index is 695. The second-order valence-corrected chi connectivity index (χ2v) is 8.58. The fraction of sp³-hybridized carbons (Fsp3) is 0.588. The van der Waals surface area contributed by atoms with Crippen LogP contribution in [0.15, 0.2) is 29.2 Å². The molecule has 132 valence electrons. The first-order valence-corrected chi connectivity index (χ1v) is 10.1. The molecule has 2 aliphatic rings. The lowest BCUT2D eigenvalue weighted by Crippen LogP contribution is -2.40. The van der Waals surface area contributed by atoms with Crippen molar-refractivity contribution in [3.63, 3.8) is 0 Å². The van der Waals surface area contributed by atoms with Gasteiger partial charge in [-0.25, -0.2) is 8.42 Å². The van der Waals surface area contributed by atoms with E-state index in [1.54, 1.807) is 18.2 Å².